The molecule has 1 aliphatic rings. The van der Waals surface area contributed by atoms with Crippen molar-refractivity contribution >= 4 is 22.0 Å². The van der Waals surface area contributed by atoms with Crippen molar-refractivity contribution in [3.05, 3.63) is 59.3 Å². The van der Waals surface area contributed by atoms with Crippen molar-refractivity contribution < 1.29 is 13.2 Å². The van der Waals surface area contributed by atoms with Gasteiger partial charge in [-0.25, -0.2) is 8.42 Å². The highest BCUT2D eigenvalue weighted by molar-refractivity contribution is 7.92. The number of nitrogens with zero attached hydrogens (tertiary/aromatic N) is 4. The lowest BCUT2D eigenvalue weighted by molar-refractivity contribution is -0.139. The van der Waals surface area contributed by atoms with Gasteiger partial charge < -0.3 is 4.90 Å². The quantitative estimate of drug-likeness (QED) is 0.677. The van der Waals surface area contributed by atoms with Gasteiger partial charge >= 0.3 is 0 Å². The molecule has 7 nitrogen and oxygen atoms in total. The standard InChI is InChI=1S/C22H30N4O3S/c1-18(2)26(17-20-15-23-24(3)16-20)22(27)21-9-12-25(13-10-21)30(28,29)14-11-19-7-5-4-6-8-19/h4-8,11,14-16,18,21H,9-10,12-13,17H2,1-3H3/b14-11+. The number of aromatic nitrogens is 2. The number of amides is 1. The Kier molecular flexibility index (Phi) is 7.10. The van der Waals surface area contributed by atoms with Crippen LogP contribution in [-0.2, 0) is 28.4 Å². The van der Waals surface area contributed by atoms with Gasteiger partial charge in [0.15, 0.2) is 0 Å². The summed E-state index contributed by atoms with van der Waals surface area (Å²) < 4.78 is 28.5. The van der Waals surface area contributed by atoms with Gasteiger partial charge in [-0.1, -0.05) is 30.3 Å². The molecular weight excluding hydrogens is 400 g/mol. The molecule has 1 amide bonds. The Morgan fingerprint density at radius 2 is 1.90 bits per heavy atom. The van der Waals surface area contributed by atoms with Gasteiger partial charge in [0.2, 0.25) is 15.9 Å². The van der Waals surface area contributed by atoms with E-state index >= 15 is 0 Å². The fourth-order valence-corrected chi connectivity index (χ4v) is 4.89. The summed E-state index contributed by atoms with van der Waals surface area (Å²) in [6, 6.07) is 9.42. The maximum Gasteiger partial charge on any atom is 0.236 e. The molecule has 0 bridgehead atoms. The van der Waals surface area contributed by atoms with Crippen LogP contribution in [0, 0.1) is 5.92 Å². The van der Waals surface area contributed by atoms with Crippen molar-refractivity contribution in [1.82, 2.24) is 19.0 Å². The molecule has 0 atom stereocenters. The molecule has 0 N–H and O–H groups in total. The largest absolute Gasteiger partial charge is 0.336 e. The van der Waals surface area contributed by atoms with Crippen molar-refractivity contribution in [3.63, 3.8) is 0 Å². The lowest BCUT2D eigenvalue weighted by Gasteiger charge is -2.34. The number of benzene rings is 1. The van der Waals surface area contributed by atoms with E-state index in [1.807, 2.05) is 62.3 Å². The van der Waals surface area contributed by atoms with Crippen LogP contribution in [0.3, 0.4) is 0 Å². The molecule has 1 aromatic carbocycles. The molecule has 2 heterocycles. The minimum Gasteiger partial charge on any atom is -0.336 e. The summed E-state index contributed by atoms with van der Waals surface area (Å²) in [5.74, 6) is -0.0700. The number of carbonyl (C=O) groups is 1. The van der Waals surface area contributed by atoms with Crippen molar-refractivity contribution in [2.45, 2.75) is 39.3 Å². The first kappa shape index (κ1) is 22.2. The highest BCUT2D eigenvalue weighted by Crippen LogP contribution is 2.24. The molecule has 0 spiro atoms. The molecular formula is C22H30N4O3S. The smallest absolute Gasteiger partial charge is 0.236 e. The summed E-state index contributed by atoms with van der Waals surface area (Å²) in [5, 5.41) is 5.43. The zero-order valence-electron chi connectivity index (χ0n) is 17.8. The van der Waals surface area contributed by atoms with Gasteiger partial charge in [0.25, 0.3) is 0 Å². The Morgan fingerprint density at radius 1 is 1.23 bits per heavy atom. The Morgan fingerprint density at radius 3 is 2.47 bits per heavy atom. The van der Waals surface area contributed by atoms with E-state index < -0.39 is 10.0 Å². The van der Waals surface area contributed by atoms with Crippen LogP contribution in [0.15, 0.2) is 48.1 Å². The van der Waals surface area contributed by atoms with E-state index in [2.05, 4.69) is 5.10 Å². The molecule has 2 aromatic rings. The molecule has 0 saturated carbocycles. The molecule has 8 heteroatoms. The third-order valence-corrected chi connectivity index (χ3v) is 6.98. The van der Waals surface area contributed by atoms with Gasteiger partial charge in [-0.05, 0) is 38.3 Å². The number of sulfonamides is 1. The topological polar surface area (TPSA) is 75.5 Å². The second-order valence-corrected chi connectivity index (χ2v) is 9.83. The minimum absolute atomic E-state index is 0.0632. The zero-order valence-corrected chi connectivity index (χ0v) is 18.6. The lowest BCUT2D eigenvalue weighted by atomic mass is 9.96. The van der Waals surface area contributed by atoms with Crippen molar-refractivity contribution in [1.29, 1.82) is 0 Å². The van der Waals surface area contributed by atoms with Crippen LogP contribution in [0.1, 0.15) is 37.8 Å². The summed E-state index contributed by atoms with van der Waals surface area (Å²) in [5.41, 5.74) is 1.83. The molecule has 162 valence electrons. The Balaban J connectivity index is 1.60. The Bertz CT molecular complexity index is 975. The SMILES string of the molecule is CC(C)N(Cc1cnn(C)c1)C(=O)C1CCN(S(=O)(=O)/C=C/c2ccccc2)CC1. The number of hydrogen-bond donors (Lipinski definition) is 0. The number of aryl methyl sites for hydroxylation is 1. The average molecular weight is 431 g/mol. The predicted octanol–water partition coefficient (Wildman–Crippen LogP) is 2.87. The Hall–Kier alpha value is -2.45. The normalized spacial score (nSPS) is 16.4. The van der Waals surface area contributed by atoms with Crippen LogP contribution >= 0.6 is 0 Å². The third kappa shape index (κ3) is 5.58. The van der Waals surface area contributed by atoms with E-state index in [1.165, 1.54) is 9.71 Å². The first-order chi connectivity index (χ1) is 14.3. The van der Waals surface area contributed by atoms with Crippen LogP contribution in [0.2, 0.25) is 0 Å². The van der Waals surface area contributed by atoms with E-state index in [-0.39, 0.29) is 17.9 Å². The molecule has 1 saturated heterocycles. The summed E-state index contributed by atoms with van der Waals surface area (Å²) in [6.45, 7) is 5.24. The van der Waals surface area contributed by atoms with Crippen molar-refractivity contribution in [2.75, 3.05) is 13.1 Å². The highest BCUT2D eigenvalue weighted by Gasteiger charge is 2.33. The lowest BCUT2D eigenvalue weighted by Crippen LogP contribution is -2.45. The summed E-state index contributed by atoms with van der Waals surface area (Å²) >= 11 is 0. The van der Waals surface area contributed by atoms with E-state index in [1.54, 1.807) is 17.0 Å². The average Bonchev–Trinajstić information content (AvgIpc) is 3.15. The van der Waals surface area contributed by atoms with E-state index in [0.717, 1.165) is 11.1 Å². The second kappa shape index (κ2) is 9.57. The van der Waals surface area contributed by atoms with Crippen LogP contribution in [-0.4, -0.2) is 52.4 Å². The second-order valence-electron chi connectivity index (χ2n) is 8.01. The molecule has 0 unspecified atom stereocenters. The molecule has 1 aliphatic heterocycles. The first-order valence-electron chi connectivity index (χ1n) is 10.3. The molecule has 30 heavy (non-hydrogen) atoms. The van der Waals surface area contributed by atoms with E-state index in [9.17, 15) is 13.2 Å². The van der Waals surface area contributed by atoms with Gasteiger partial charge in [0, 0.05) is 55.8 Å². The van der Waals surface area contributed by atoms with Crippen molar-refractivity contribution in [2.24, 2.45) is 13.0 Å². The number of carbonyl (C=O) groups excluding carboxylic acids is 1. The fourth-order valence-electron chi connectivity index (χ4n) is 3.67. The minimum atomic E-state index is -3.50. The molecule has 1 fully saturated rings. The van der Waals surface area contributed by atoms with Gasteiger partial charge in [-0.15, -0.1) is 0 Å². The van der Waals surface area contributed by atoms with Gasteiger partial charge in [0.05, 0.1) is 6.20 Å². The van der Waals surface area contributed by atoms with E-state index in [0.29, 0.717) is 32.5 Å². The monoisotopic (exact) mass is 430 g/mol. The third-order valence-electron chi connectivity index (χ3n) is 5.41. The van der Waals surface area contributed by atoms with Crippen molar-refractivity contribution in [3.8, 4) is 0 Å². The maximum atomic E-state index is 13.1. The number of rotatable bonds is 7. The van der Waals surface area contributed by atoms with Gasteiger partial charge in [-0.3, -0.25) is 9.48 Å². The predicted molar refractivity (Wildman–Crippen MR) is 118 cm³/mol. The summed E-state index contributed by atoms with van der Waals surface area (Å²) in [6.07, 6.45) is 6.37. The van der Waals surface area contributed by atoms with Gasteiger partial charge in [-0.2, -0.15) is 9.40 Å². The highest BCUT2D eigenvalue weighted by atomic mass is 32.2. The molecule has 3 rings (SSSR count). The number of piperidine rings is 1. The number of hydrogen-bond acceptors (Lipinski definition) is 4. The Labute approximate surface area is 179 Å². The van der Waals surface area contributed by atoms with Crippen LogP contribution in [0.5, 0.6) is 0 Å². The van der Waals surface area contributed by atoms with Crippen LogP contribution in [0.25, 0.3) is 6.08 Å². The molecule has 0 aliphatic carbocycles. The van der Waals surface area contributed by atoms with Crippen LogP contribution < -0.4 is 0 Å². The summed E-state index contributed by atoms with van der Waals surface area (Å²) in [7, 11) is -1.64. The van der Waals surface area contributed by atoms with E-state index in [4.69, 9.17) is 0 Å². The van der Waals surface area contributed by atoms with Crippen LogP contribution in [0.4, 0.5) is 0 Å². The van der Waals surface area contributed by atoms with Gasteiger partial charge in [0.1, 0.15) is 0 Å². The molecule has 0 radical (unpaired) electrons. The molecule has 1 aromatic heterocycles. The fraction of sp³-hybridized carbons (Fsp3) is 0.455. The first-order valence-corrected chi connectivity index (χ1v) is 11.8. The maximum absolute atomic E-state index is 13.1. The zero-order chi connectivity index (χ0) is 21.7. The summed E-state index contributed by atoms with van der Waals surface area (Å²) in [4.78, 5) is 15.0.